The van der Waals surface area contributed by atoms with Crippen molar-refractivity contribution in [2.75, 3.05) is 19.5 Å². The van der Waals surface area contributed by atoms with Crippen LogP contribution in [0.15, 0.2) is 23.2 Å². The highest BCUT2D eigenvalue weighted by Crippen LogP contribution is 2.26. The second-order valence-corrected chi connectivity index (χ2v) is 3.47. The zero-order valence-corrected chi connectivity index (χ0v) is 8.84. The summed E-state index contributed by atoms with van der Waals surface area (Å²) >= 11 is 5.83. The number of rotatable bonds is 2. The minimum Gasteiger partial charge on any atom is -0.496 e. The number of fused-ring (bicyclic) bond motifs is 1. The van der Waals surface area contributed by atoms with Gasteiger partial charge in [0, 0.05) is 17.7 Å². The molecule has 0 bridgehead atoms. The van der Waals surface area contributed by atoms with E-state index in [1.54, 1.807) is 7.11 Å². The Hall–Kier alpha value is -1.02. The minimum absolute atomic E-state index is 0.472. The molecule has 3 heteroatoms. The molecule has 0 saturated heterocycles. The molecule has 0 aromatic heterocycles. The molecule has 74 valence electrons. The number of methoxy groups -OCH3 is 1. The third-order valence-corrected chi connectivity index (χ3v) is 2.71. The molecule has 2 nitrogen and oxygen atoms in total. The average Bonchev–Trinajstić information content (AvgIpc) is 2.27. The molecule has 0 N–H and O–H groups in total. The van der Waals surface area contributed by atoms with E-state index >= 15 is 0 Å². The summed E-state index contributed by atoms with van der Waals surface area (Å²) in [5.41, 5.74) is 3.36. The molecule has 1 aromatic rings. The van der Waals surface area contributed by atoms with E-state index in [0.717, 1.165) is 30.0 Å². The van der Waals surface area contributed by atoms with E-state index in [4.69, 9.17) is 16.3 Å². The molecule has 1 aliphatic rings. The van der Waals surface area contributed by atoms with Crippen LogP contribution in [-0.2, 0) is 6.42 Å². The zero-order chi connectivity index (χ0) is 9.97. The summed E-state index contributed by atoms with van der Waals surface area (Å²) in [6, 6.07) is 6.01. The summed E-state index contributed by atoms with van der Waals surface area (Å²) in [5, 5.41) is 0. The molecule has 0 amide bonds. The van der Waals surface area contributed by atoms with E-state index in [-0.39, 0.29) is 0 Å². The number of alkyl halides is 1. The maximum Gasteiger partial charge on any atom is 0.122 e. The SMILES string of the molecule is COc1cccc2c1CCN=C2CCl. The smallest absolute Gasteiger partial charge is 0.122 e. The number of ether oxygens (including phenoxy) is 1. The quantitative estimate of drug-likeness (QED) is 0.685. The van der Waals surface area contributed by atoms with E-state index in [0.29, 0.717) is 5.88 Å². The van der Waals surface area contributed by atoms with Gasteiger partial charge in [-0.25, -0.2) is 0 Å². The van der Waals surface area contributed by atoms with Gasteiger partial charge in [-0.1, -0.05) is 12.1 Å². The van der Waals surface area contributed by atoms with Crippen LogP contribution in [0.25, 0.3) is 0 Å². The number of hydrogen-bond donors (Lipinski definition) is 0. The minimum atomic E-state index is 0.472. The number of benzene rings is 1. The fourth-order valence-electron chi connectivity index (χ4n) is 1.79. The second-order valence-electron chi connectivity index (χ2n) is 3.20. The Kier molecular flexibility index (Phi) is 2.73. The third kappa shape index (κ3) is 1.50. The summed E-state index contributed by atoms with van der Waals surface area (Å²) in [5.74, 6) is 1.42. The number of aliphatic imine (C=N–C) groups is 1. The van der Waals surface area contributed by atoms with Crippen LogP contribution < -0.4 is 4.74 Å². The molecule has 1 aromatic carbocycles. The molecule has 0 unspecified atom stereocenters. The highest BCUT2D eigenvalue weighted by atomic mass is 35.5. The largest absolute Gasteiger partial charge is 0.496 e. The first-order chi connectivity index (χ1) is 6.86. The molecule has 0 spiro atoms. The van der Waals surface area contributed by atoms with Crippen molar-refractivity contribution in [1.82, 2.24) is 0 Å². The van der Waals surface area contributed by atoms with Crippen LogP contribution in [0.1, 0.15) is 11.1 Å². The van der Waals surface area contributed by atoms with Crippen molar-refractivity contribution < 1.29 is 4.74 Å². The van der Waals surface area contributed by atoms with Gasteiger partial charge < -0.3 is 4.74 Å². The molecule has 2 rings (SSSR count). The van der Waals surface area contributed by atoms with Gasteiger partial charge >= 0.3 is 0 Å². The van der Waals surface area contributed by atoms with Gasteiger partial charge in [-0.05, 0) is 12.5 Å². The Bertz CT molecular complexity index is 374. The fourth-order valence-corrected chi connectivity index (χ4v) is 2.02. The lowest BCUT2D eigenvalue weighted by atomic mass is 9.97. The maximum atomic E-state index is 5.83. The predicted octanol–water partition coefficient (Wildman–Crippen LogP) is 2.28. The number of halogens is 1. The van der Waals surface area contributed by atoms with Crippen molar-refractivity contribution in [3.8, 4) is 5.75 Å². The van der Waals surface area contributed by atoms with E-state index in [1.165, 1.54) is 5.56 Å². The van der Waals surface area contributed by atoms with Crippen LogP contribution in [0, 0.1) is 0 Å². The van der Waals surface area contributed by atoms with Crippen molar-refractivity contribution in [3.63, 3.8) is 0 Å². The molecule has 1 heterocycles. The van der Waals surface area contributed by atoms with Crippen LogP contribution in [-0.4, -0.2) is 25.2 Å². The molecule has 1 aliphatic heterocycles. The topological polar surface area (TPSA) is 21.6 Å². The number of nitrogens with zero attached hydrogens (tertiary/aromatic N) is 1. The van der Waals surface area contributed by atoms with Crippen molar-refractivity contribution in [2.45, 2.75) is 6.42 Å². The van der Waals surface area contributed by atoms with Crippen LogP contribution in [0.5, 0.6) is 5.75 Å². The summed E-state index contributed by atoms with van der Waals surface area (Å²) in [7, 11) is 1.70. The Morgan fingerprint density at radius 1 is 1.50 bits per heavy atom. The Morgan fingerprint density at radius 3 is 3.07 bits per heavy atom. The van der Waals surface area contributed by atoms with Gasteiger partial charge in [-0.3, -0.25) is 4.99 Å². The van der Waals surface area contributed by atoms with Gasteiger partial charge in [0.25, 0.3) is 0 Å². The first-order valence-electron chi connectivity index (χ1n) is 4.62. The molecular formula is C11H12ClNO. The predicted molar refractivity (Wildman–Crippen MR) is 58.8 cm³/mol. The van der Waals surface area contributed by atoms with Gasteiger partial charge in [0.05, 0.1) is 18.7 Å². The average molecular weight is 210 g/mol. The van der Waals surface area contributed by atoms with Crippen molar-refractivity contribution in [1.29, 1.82) is 0 Å². The summed E-state index contributed by atoms with van der Waals surface area (Å²) < 4.78 is 5.31. The van der Waals surface area contributed by atoms with E-state index in [2.05, 4.69) is 11.1 Å². The maximum absolute atomic E-state index is 5.83. The van der Waals surface area contributed by atoms with E-state index < -0.39 is 0 Å². The third-order valence-electron chi connectivity index (χ3n) is 2.45. The monoisotopic (exact) mass is 209 g/mol. The molecule has 0 aliphatic carbocycles. The summed E-state index contributed by atoms with van der Waals surface area (Å²) in [4.78, 5) is 4.39. The van der Waals surface area contributed by atoms with E-state index in [9.17, 15) is 0 Å². The highest BCUT2D eigenvalue weighted by Gasteiger charge is 2.16. The van der Waals surface area contributed by atoms with Gasteiger partial charge in [0.15, 0.2) is 0 Å². The standard InChI is InChI=1S/C11H12ClNO/c1-14-11-4-2-3-8-9(11)5-6-13-10(8)7-12/h2-4H,5-7H2,1H3. The molecule has 0 saturated carbocycles. The van der Waals surface area contributed by atoms with Crippen LogP contribution in [0.3, 0.4) is 0 Å². The Balaban J connectivity index is 2.52. The highest BCUT2D eigenvalue weighted by molar-refractivity contribution is 6.32. The van der Waals surface area contributed by atoms with Crippen LogP contribution >= 0.6 is 11.6 Å². The Morgan fingerprint density at radius 2 is 2.36 bits per heavy atom. The lowest BCUT2D eigenvalue weighted by Crippen LogP contribution is -2.14. The molecule has 14 heavy (non-hydrogen) atoms. The summed E-state index contributed by atoms with van der Waals surface area (Å²) in [6.45, 7) is 0.815. The van der Waals surface area contributed by atoms with Crippen molar-refractivity contribution in [2.24, 2.45) is 4.99 Å². The second kappa shape index (κ2) is 4.01. The molecular weight excluding hydrogens is 198 g/mol. The van der Waals surface area contributed by atoms with Crippen LogP contribution in [0.4, 0.5) is 0 Å². The van der Waals surface area contributed by atoms with Crippen molar-refractivity contribution >= 4 is 17.3 Å². The van der Waals surface area contributed by atoms with Crippen molar-refractivity contribution in [3.05, 3.63) is 29.3 Å². The number of hydrogen-bond acceptors (Lipinski definition) is 2. The van der Waals surface area contributed by atoms with Gasteiger partial charge in [0.1, 0.15) is 5.75 Å². The lowest BCUT2D eigenvalue weighted by Gasteiger charge is -2.17. The zero-order valence-electron chi connectivity index (χ0n) is 8.09. The van der Waals surface area contributed by atoms with Gasteiger partial charge in [-0.15, -0.1) is 11.6 Å². The molecule has 0 atom stereocenters. The molecule has 0 fully saturated rings. The van der Waals surface area contributed by atoms with Crippen LogP contribution in [0.2, 0.25) is 0 Å². The first kappa shape index (κ1) is 9.53. The normalized spacial score (nSPS) is 14.6. The lowest BCUT2D eigenvalue weighted by molar-refractivity contribution is 0.409. The Labute approximate surface area is 88.6 Å². The van der Waals surface area contributed by atoms with Gasteiger partial charge in [-0.2, -0.15) is 0 Å². The molecule has 0 radical (unpaired) electrons. The summed E-state index contributed by atoms with van der Waals surface area (Å²) in [6.07, 6.45) is 0.944. The fraction of sp³-hybridized carbons (Fsp3) is 0.364. The van der Waals surface area contributed by atoms with Gasteiger partial charge in [0.2, 0.25) is 0 Å². The van der Waals surface area contributed by atoms with E-state index in [1.807, 2.05) is 12.1 Å². The first-order valence-corrected chi connectivity index (χ1v) is 5.16.